The largest absolute Gasteiger partial charge is 0.469 e. The van der Waals surface area contributed by atoms with Crippen LogP contribution < -0.4 is 0 Å². The molecule has 0 unspecified atom stereocenters. The van der Waals surface area contributed by atoms with Gasteiger partial charge in [0, 0.05) is 24.7 Å². The SMILES string of the molecule is COC(=O)[C@@H]1CC[C@H](C)N(C(=O)Cc2ccc([N+](=O)[O-])cc2)C1. The minimum Gasteiger partial charge on any atom is -0.469 e. The van der Waals surface area contributed by atoms with Gasteiger partial charge < -0.3 is 9.64 Å². The standard InChI is InChI=1S/C16H20N2O5/c1-11-3-6-13(16(20)23-2)10-17(11)15(19)9-12-4-7-14(8-5-12)18(21)22/h4-5,7-8,11,13H,3,6,9-10H2,1-2H3/t11-,13+/m0/s1. The molecule has 0 N–H and O–H groups in total. The number of nitrogens with zero attached hydrogens (tertiary/aromatic N) is 2. The van der Waals surface area contributed by atoms with Gasteiger partial charge in [-0.3, -0.25) is 19.7 Å². The number of hydrogen-bond acceptors (Lipinski definition) is 5. The lowest BCUT2D eigenvalue weighted by Crippen LogP contribution is -2.48. The van der Waals surface area contributed by atoms with Gasteiger partial charge in [0.15, 0.2) is 0 Å². The maximum atomic E-state index is 12.5. The van der Waals surface area contributed by atoms with Crippen LogP contribution in [0.15, 0.2) is 24.3 Å². The van der Waals surface area contributed by atoms with Gasteiger partial charge in [-0.15, -0.1) is 0 Å². The molecule has 1 heterocycles. The Kier molecular flexibility index (Phi) is 5.31. The summed E-state index contributed by atoms with van der Waals surface area (Å²) in [6.45, 7) is 2.32. The first kappa shape index (κ1) is 16.9. The molecule has 0 saturated carbocycles. The number of nitro benzene ring substituents is 1. The molecule has 0 aromatic heterocycles. The minimum atomic E-state index is -0.473. The maximum absolute atomic E-state index is 12.5. The van der Waals surface area contributed by atoms with E-state index in [1.165, 1.54) is 19.2 Å². The Bertz CT molecular complexity index is 599. The topological polar surface area (TPSA) is 89.8 Å². The molecule has 1 fully saturated rings. The zero-order chi connectivity index (χ0) is 17.0. The number of nitro groups is 1. The third-order valence-corrected chi connectivity index (χ3v) is 4.24. The van der Waals surface area contributed by atoms with Gasteiger partial charge in [-0.25, -0.2) is 0 Å². The summed E-state index contributed by atoms with van der Waals surface area (Å²) >= 11 is 0. The lowest BCUT2D eigenvalue weighted by Gasteiger charge is -2.37. The van der Waals surface area contributed by atoms with E-state index in [0.29, 0.717) is 12.1 Å². The number of ether oxygens (including phenoxy) is 1. The molecule has 0 bridgehead atoms. The number of benzene rings is 1. The number of likely N-dealkylation sites (tertiary alicyclic amines) is 1. The third kappa shape index (κ3) is 4.06. The fraction of sp³-hybridized carbons (Fsp3) is 0.500. The Morgan fingerprint density at radius 3 is 2.52 bits per heavy atom. The molecule has 124 valence electrons. The molecule has 1 amide bonds. The first-order chi connectivity index (χ1) is 10.9. The van der Waals surface area contributed by atoms with E-state index < -0.39 is 4.92 Å². The van der Waals surface area contributed by atoms with Gasteiger partial charge in [0.1, 0.15) is 0 Å². The summed E-state index contributed by atoms with van der Waals surface area (Å²) in [7, 11) is 1.35. The van der Waals surface area contributed by atoms with Crippen molar-refractivity contribution in [3.8, 4) is 0 Å². The fourth-order valence-corrected chi connectivity index (χ4v) is 2.83. The minimum absolute atomic E-state index is 0.00158. The molecule has 23 heavy (non-hydrogen) atoms. The van der Waals surface area contributed by atoms with E-state index in [0.717, 1.165) is 12.8 Å². The molecule has 0 radical (unpaired) electrons. The second kappa shape index (κ2) is 7.21. The highest BCUT2D eigenvalue weighted by Crippen LogP contribution is 2.24. The Hall–Kier alpha value is -2.44. The van der Waals surface area contributed by atoms with Crippen molar-refractivity contribution < 1.29 is 19.2 Å². The van der Waals surface area contributed by atoms with E-state index in [-0.39, 0.29) is 35.9 Å². The summed E-state index contributed by atoms with van der Waals surface area (Å²) in [6, 6.07) is 6.02. The van der Waals surface area contributed by atoms with Gasteiger partial charge in [-0.2, -0.15) is 0 Å². The van der Waals surface area contributed by atoms with Crippen LogP contribution in [-0.4, -0.2) is 41.4 Å². The molecular formula is C16H20N2O5. The number of amides is 1. The Labute approximate surface area is 134 Å². The van der Waals surface area contributed by atoms with E-state index in [1.54, 1.807) is 17.0 Å². The van der Waals surface area contributed by atoms with E-state index in [2.05, 4.69) is 0 Å². The molecule has 2 rings (SSSR count). The number of rotatable bonds is 4. The molecule has 0 spiro atoms. The fourth-order valence-electron chi connectivity index (χ4n) is 2.83. The molecule has 1 aromatic rings. The summed E-state index contributed by atoms with van der Waals surface area (Å²) in [5.74, 6) is -0.651. The van der Waals surface area contributed by atoms with Crippen molar-refractivity contribution in [1.82, 2.24) is 4.90 Å². The van der Waals surface area contributed by atoms with E-state index >= 15 is 0 Å². The highest BCUT2D eigenvalue weighted by atomic mass is 16.6. The lowest BCUT2D eigenvalue weighted by atomic mass is 9.93. The zero-order valence-corrected chi connectivity index (χ0v) is 13.2. The van der Waals surface area contributed by atoms with Crippen molar-refractivity contribution in [2.45, 2.75) is 32.2 Å². The predicted octanol–water partition coefficient (Wildman–Crippen LogP) is 1.94. The van der Waals surface area contributed by atoms with Crippen LogP contribution in [0.25, 0.3) is 0 Å². The second-order valence-electron chi connectivity index (χ2n) is 5.79. The average molecular weight is 320 g/mol. The number of esters is 1. The molecule has 1 aliphatic heterocycles. The van der Waals surface area contributed by atoms with Gasteiger partial charge >= 0.3 is 5.97 Å². The average Bonchev–Trinajstić information content (AvgIpc) is 2.55. The van der Waals surface area contributed by atoms with Crippen molar-refractivity contribution in [3.63, 3.8) is 0 Å². The Balaban J connectivity index is 2.03. The Morgan fingerprint density at radius 1 is 1.30 bits per heavy atom. The van der Waals surface area contributed by atoms with Crippen LogP contribution in [0.1, 0.15) is 25.3 Å². The smallest absolute Gasteiger partial charge is 0.310 e. The molecular weight excluding hydrogens is 300 g/mol. The molecule has 1 saturated heterocycles. The normalized spacial score (nSPS) is 20.9. The van der Waals surface area contributed by atoms with Gasteiger partial charge in [-0.1, -0.05) is 12.1 Å². The monoisotopic (exact) mass is 320 g/mol. The van der Waals surface area contributed by atoms with Crippen LogP contribution >= 0.6 is 0 Å². The van der Waals surface area contributed by atoms with Crippen molar-refractivity contribution in [3.05, 3.63) is 39.9 Å². The van der Waals surface area contributed by atoms with Crippen LogP contribution in [0.5, 0.6) is 0 Å². The van der Waals surface area contributed by atoms with Crippen LogP contribution in [0.4, 0.5) is 5.69 Å². The lowest BCUT2D eigenvalue weighted by molar-refractivity contribution is -0.384. The first-order valence-corrected chi connectivity index (χ1v) is 7.53. The van der Waals surface area contributed by atoms with Gasteiger partial charge in [0.25, 0.3) is 5.69 Å². The second-order valence-corrected chi connectivity index (χ2v) is 5.79. The van der Waals surface area contributed by atoms with Gasteiger partial charge in [-0.05, 0) is 25.3 Å². The number of hydrogen-bond donors (Lipinski definition) is 0. The van der Waals surface area contributed by atoms with E-state index in [4.69, 9.17) is 4.74 Å². The summed E-state index contributed by atoms with van der Waals surface area (Å²) in [4.78, 5) is 36.0. The molecule has 2 atom stereocenters. The number of non-ortho nitro benzene ring substituents is 1. The quantitative estimate of drug-likeness (QED) is 0.480. The summed E-state index contributed by atoms with van der Waals surface area (Å²) in [5.41, 5.74) is 0.714. The van der Waals surface area contributed by atoms with Crippen LogP contribution in [-0.2, 0) is 20.7 Å². The van der Waals surface area contributed by atoms with E-state index in [9.17, 15) is 19.7 Å². The van der Waals surface area contributed by atoms with Crippen molar-refractivity contribution in [2.75, 3.05) is 13.7 Å². The molecule has 0 aliphatic carbocycles. The predicted molar refractivity (Wildman–Crippen MR) is 82.7 cm³/mol. The van der Waals surface area contributed by atoms with E-state index in [1.807, 2.05) is 6.92 Å². The number of carbonyl (C=O) groups is 2. The molecule has 1 aromatic carbocycles. The highest BCUT2D eigenvalue weighted by Gasteiger charge is 2.33. The Morgan fingerprint density at radius 2 is 1.96 bits per heavy atom. The van der Waals surface area contributed by atoms with Gasteiger partial charge in [0.2, 0.25) is 5.91 Å². The molecule has 7 heteroatoms. The summed E-state index contributed by atoms with van der Waals surface area (Å²) < 4.78 is 4.77. The third-order valence-electron chi connectivity index (χ3n) is 4.24. The maximum Gasteiger partial charge on any atom is 0.310 e. The highest BCUT2D eigenvalue weighted by molar-refractivity contribution is 5.80. The summed E-state index contributed by atoms with van der Waals surface area (Å²) in [5, 5.41) is 10.6. The number of carbonyl (C=O) groups excluding carboxylic acids is 2. The molecule has 1 aliphatic rings. The summed E-state index contributed by atoms with van der Waals surface area (Å²) in [6.07, 6.45) is 1.64. The van der Waals surface area contributed by atoms with Crippen molar-refractivity contribution >= 4 is 17.6 Å². The van der Waals surface area contributed by atoms with Crippen LogP contribution in [0.3, 0.4) is 0 Å². The van der Waals surface area contributed by atoms with Crippen LogP contribution in [0.2, 0.25) is 0 Å². The number of piperidine rings is 1. The first-order valence-electron chi connectivity index (χ1n) is 7.53. The molecule has 7 nitrogen and oxygen atoms in total. The number of methoxy groups -OCH3 is 1. The van der Waals surface area contributed by atoms with Crippen LogP contribution in [0, 0.1) is 16.0 Å². The zero-order valence-electron chi connectivity index (χ0n) is 13.2. The van der Waals surface area contributed by atoms with Gasteiger partial charge in [0.05, 0.1) is 24.4 Å². The van der Waals surface area contributed by atoms with Crippen molar-refractivity contribution in [2.24, 2.45) is 5.92 Å². The van der Waals surface area contributed by atoms with Crippen molar-refractivity contribution in [1.29, 1.82) is 0 Å².